The van der Waals surface area contributed by atoms with Crippen LogP contribution >= 0.6 is 27.7 Å². The van der Waals surface area contributed by atoms with Gasteiger partial charge in [-0.15, -0.1) is 10.2 Å². The zero-order valence-electron chi connectivity index (χ0n) is 14.7. The Morgan fingerprint density at radius 1 is 1.00 bits per heavy atom. The minimum atomic E-state index is 0.768. The highest BCUT2D eigenvalue weighted by atomic mass is 79.9. The van der Waals surface area contributed by atoms with Crippen LogP contribution in [-0.2, 0) is 5.75 Å². The Labute approximate surface area is 170 Å². The van der Waals surface area contributed by atoms with Crippen molar-refractivity contribution in [2.24, 2.45) is 5.10 Å². The van der Waals surface area contributed by atoms with Crippen LogP contribution in [0.25, 0.3) is 10.8 Å². The van der Waals surface area contributed by atoms with Gasteiger partial charge in [0.1, 0.15) is 0 Å². The van der Waals surface area contributed by atoms with E-state index >= 15 is 0 Å². The summed E-state index contributed by atoms with van der Waals surface area (Å²) in [6.45, 7) is 1.91. The summed E-state index contributed by atoms with van der Waals surface area (Å²) in [6.07, 6.45) is 1.88. The fraction of sp³-hybridized carbons (Fsp3) is 0.0952. The van der Waals surface area contributed by atoms with E-state index in [9.17, 15) is 0 Å². The minimum absolute atomic E-state index is 0.768. The molecule has 4 aromatic rings. The maximum atomic E-state index is 4.65. The molecule has 1 heterocycles. The summed E-state index contributed by atoms with van der Waals surface area (Å²) in [7, 11) is 0. The van der Waals surface area contributed by atoms with Gasteiger partial charge < -0.3 is 0 Å². The first-order chi connectivity index (χ1) is 13.2. The van der Waals surface area contributed by atoms with E-state index in [-0.39, 0.29) is 0 Å². The van der Waals surface area contributed by atoms with E-state index in [2.05, 4.69) is 67.6 Å². The fourth-order valence-corrected chi connectivity index (χ4v) is 3.93. The van der Waals surface area contributed by atoms with Crippen molar-refractivity contribution in [2.75, 3.05) is 0 Å². The van der Waals surface area contributed by atoms with Gasteiger partial charge in [0, 0.05) is 15.8 Å². The zero-order chi connectivity index (χ0) is 18.6. The molecule has 27 heavy (non-hydrogen) atoms. The highest BCUT2D eigenvalue weighted by Gasteiger charge is 2.09. The van der Waals surface area contributed by atoms with E-state index in [1.54, 1.807) is 16.4 Å². The van der Waals surface area contributed by atoms with E-state index in [1.165, 1.54) is 16.3 Å². The van der Waals surface area contributed by atoms with Gasteiger partial charge in [-0.05, 0) is 35.4 Å². The molecule has 0 aliphatic rings. The number of benzene rings is 3. The van der Waals surface area contributed by atoms with Crippen molar-refractivity contribution in [3.8, 4) is 0 Å². The molecule has 0 fully saturated rings. The average Bonchev–Trinajstić information content (AvgIpc) is 3.05. The molecule has 0 aliphatic heterocycles. The number of rotatable bonds is 5. The minimum Gasteiger partial charge on any atom is -0.192 e. The van der Waals surface area contributed by atoms with E-state index in [0.717, 1.165) is 26.8 Å². The molecule has 6 heteroatoms. The van der Waals surface area contributed by atoms with Crippen LogP contribution in [0.4, 0.5) is 0 Å². The fourth-order valence-electron chi connectivity index (χ4n) is 2.77. The third kappa shape index (κ3) is 4.12. The highest BCUT2D eigenvalue weighted by molar-refractivity contribution is 9.10. The van der Waals surface area contributed by atoms with Crippen LogP contribution in [-0.4, -0.2) is 21.1 Å². The molecule has 0 bridgehead atoms. The number of thioether (sulfide) groups is 1. The average molecular weight is 437 g/mol. The molecule has 134 valence electrons. The van der Waals surface area contributed by atoms with Gasteiger partial charge in [-0.3, -0.25) is 0 Å². The quantitative estimate of drug-likeness (QED) is 0.298. The van der Waals surface area contributed by atoms with Crippen LogP contribution < -0.4 is 0 Å². The Bertz CT molecular complexity index is 1100. The lowest BCUT2D eigenvalue weighted by Crippen LogP contribution is -1.97. The molecular weight excluding hydrogens is 420 g/mol. The number of hydrogen-bond acceptors (Lipinski definition) is 4. The van der Waals surface area contributed by atoms with Crippen molar-refractivity contribution in [2.45, 2.75) is 17.8 Å². The molecule has 0 atom stereocenters. The zero-order valence-corrected chi connectivity index (χ0v) is 17.1. The first-order valence-corrected chi connectivity index (χ1v) is 10.3. The molecule has 0 spiro atoms. The molecule has 0 saturated heterocycles. The second kappa shape index (κ2) is 8.06. The summed E-state index contributed by atoms with van der Waals surface area (Å²) in [5, 5.41) is 16.3. The molecule has 0 aliphatic carbocycles. The lowest BCUT2D eigenvalue weighted by atomic mass is 10.1. The van der Waals surface area contributed by atoms with Gasteiger partial charge >= 0.3 is 0 Å². The molecule has 0 N–H and O–H groups in total. The summed E-state index contributed by atoms with van der Waals surface area (Å²) in [6, 6.07) is 22.8. The van der Waals surface area contributed by atoms with Crippen LogP contribution in [0.15, 0.2) is 81.5 Å². The second-order valence-electron chi connectivity index (χ2n) is 6.07. The molecule has 4 rings (SSSR count). The molecule has 4 nitrogen and oxygen atoms in total. The lowest BCUT2D eigenvalue weighted by molar-refractivity contribution is 0.744. The van der Waals surface area contributed by atoms with Crippen molar-refractivity contribution in [1.82, 2.24) is 14.9 Å². The Balaban J connectivity index is 1.58. The molecular formula is C21H17BrN4S. The highest BCUT2D eigenvalue weighted by Crippen LogP contribution is 2.23. The molecule has 3 aromatic carbocycles. The van der Waals surface area contributed by atoms with E-state index in [4.69, 9.17) is 0 Å². The van der Waals surface area contributed by atoms with E-state index in [1.807, 2.05) is 43.5 Å². The number of aromatic nitrogens is 3. The number of nitrogens with zero attached hydrogens (tertiary/aromatic N) is 4. The van der Waals surface area contributed by atoms with Crippen molar-refractivity contribution in [1.29, 1.82) is 0 Å². The summed E-state index contributed by atoms with van der Waals surface area (Å²) in [5.41, 5.74) is 2.30. The number of fused-ring (bicyclic) bond motifs is 1. The lowest BCUT2D eigenvalue weighted by Gasteiger charge is -2.04. The Hall–Kier alpha value is -2.44. The summed E-state index contributed by atoms with van der Waals surface area (Å²) in [5.74, 6) is 1.58. The summed E-state index contributed by atoms with van der Waals surface area (Å²) in [4.78, 5) is 0. The Morgan fingerprint density at radius 3 is 2.63 bits per heavy atom. The predicted octanol–water partition coefficient (Wildman–Crippen LogP) is 5.68. The SMILES string of the molecule is Cc1nnc(SCc2ccc(Br)cc2)n1/N=C\c1cccc2ccccc12. The number of hydrogen-bond donors (Lipinski definition) is 0. The van der Waals surface area contributed by atoms with Crippen LogP contribution in [0.3, 0.4) is 0 Å². The van der Waals surface area contributed by atoms with Gasteiger partial charge in [0.25, 0.3) is 0 Å². The van der Waals surface area contributed by atoms with E-state index in [0.29, 0.717) is 0 Å². The maximum absolute atomic E-state index is 4.65. The third-order valence-corrected chi connectivity index (χ3v) is 5.70. The van der Waals surface area contributed by atoms with Crippen molar-refractivity contribution >= 4 is 44.7 Å². The number of aryl methyl sites for hydroxylation is 1. The molecule has 0 amide bonds. The van der Waals surface area contributed by atoms with Crippen LogP contribution in [0, 0.1) is 6.92 Å². The molecule has 0 saturated carbocycles. The smallest absolute Gasteiger partial charge is 0.192 e. The van der Waals surface area contributed by atoms with Gasteiger partial charge in [-0.1, -0.05) is 82.3 Å². The Kier molecular flexibility index (Phi) is 5.36. The van der Waals surface area contributed by atoms with Crippen LogP contribution in [0.1, 0.15) is 17.0 Å². The van der Waals surface area contributed by atoms with Gasteiger partial charge in [0.2, 0.25) is 5.16 Å². The summed E-state index contributed by atoms with van der Waals surface area (Å²) < 4.78 is 2.88. The second-order valence-corrected chi connectivity index (χ2v) is 7.93. The summed E-state index contributed by atoms with van der Waals surface area (Å²) >= 11 is 5.09. The van der Waals surface area contributed by atoms with Crippen molar-refractivity contribution in [3.63, 3.8) is 0 Å². The monoisotopic (exact) mass is 436 g/mol. The Morgan fingerprint density at radius 2 is 1.78 bits per heavy atom. The first-order valence-electron chi connectivity index (χ1n) is 8.52. The predicted molar refractivity (Wildman–Crippen MR) is 115 cm³/mol. The molecule has 0 unspecified atom stereocenters. The maximum Gasteiger partial charge on any atom is 0.212 e. The topological polar surface area (TPSA) is 43.1 Å². The van der Waals surface area contributed by atoms with Gasteiger partial charge in [-0.2, -0.15) is 9.78 Å². The normalized spacial score (nSPS) is 11.5. The van der Waals surface area contributed by atoms with Crippen LogP contribution in [0.2, 0.25) is 0 Å². The standard InChI is InChI=1S/C21H17BrN4S/c1-15-24-25-21(27-14-16-9-11-19(22)12-10-16)26(15)23-13-18-7-4-6-17-5-2-3-8-20(17)18/h2-13H,14H2,1H3/b23-13-. The number of halogens is 1. The van der Waals surface area contributed by atoms with Crippen molar-refractivity contribution in [3.05, 3.63) is 88.2 Å². The van der Waals surface area contributed by atoms with Crippen LogP contribution in [0.5, 0.6) is 0 Å². The largest absolute Gasteiger partial charge is 0.212 e. The van der Waals surface area contributed by atoms with Crippen molar-refractivity contribution < 1.29 is 0 Å². The van der Waals surface area contributed by atoms with Gasteiger partial charge in [0.15, 0.2) is 5.82 Å². The van der Waals surface area contributed by atoms with E-state index < -0.39 is 0 Å². The molecule has 1 aromatic heterocycles. The van der Waals surface area contributed by atoms with Gasteiger partial charge in [0.05, 0.1) is 6.21 Å². The van der Waals surface area contributed by atoms with Gasteiger partial charge in [-0.25, -0.2) is 0 Å². The third-order valence-electron chi connectivity index (χ3n) is 4.18. The first kappa shape index (κ1) is 17.9. The molecule has 0 radical (unpaired) electrons.